The lowest BCUT2D eigenvalue weighted by atomic mass is 10.0. The predicted molar refractivity (Wildman–Crippen MR) is 133 cm³/mol. The van der Waals surface area contributed by atoms with E-state index in [0.29, 0.717) is 25.6 Å². The van der Waals surface area contributed by atoms with E-state index in [9.17, 15) is 4.79 Å². The Morgan fingerprint density at radius 2 is 1.67 bits per heavy atom. The summed E-state index contributed by atoms with van der Waals surface area (Å²) in [4.78, 5) is 18.5. The van der Waals surface area contributed by atoms with E-state index in [1.165, 1.54) is 43.5 Å². The summed E-state index contributed by atoms with van der Waals surface area (Å²) in [6.07, 6.45) is 3.54. The van der Waals surface area contributed by atoms with E-state index < -0.39 is 11.7 Å². The fraction of sp³-hybridized carbons (Fsp3) is 0.636. The highest BCUT2D eigenvalue weighted by atomic mass is 127. The van der Waals surface area contributed by atoms with Crippen molar-refractivity contribution in [1.29, 1.82) is 0 Å². The molecular formula is C22H38IN5O2. The molecule has 0 radical (unpaired) electrons. The van der Waals surface area contributed by atoms with Gasteiger partial charge in [-0.3, -0.25) is 9.89 Å². The highest BCUT2D eigenvalue weighted by Gasteiger charge is 2.15. The summed E-state index contributed by atoms with van der Waals surface area (Å²) in [5.41, 5.74) is 2.16. The normalized spacial score (nSPS) is 15.1. The average molecular weight is 531 g/mol. The monoisotopic (exact) mass is 531 g/mol. The van der Waals surface area contributed by atoms with E-state index in [1.54, 1.807) is 7.05 Å². The number of amides is 1. The minimum Gasteiger partial charge on any atom is -0.444 e. The second kappa shape index (κ2) is 13.7. The number of halogens is 1. The van der Waals surface area contributed by atoms with Gasteiger partial charge in [0.05, 0.1) is 0 Å². The Hall–Kier alpha value is -1.55. The topological polar surface area (TPSA) is 78.0 Å². The molecule has 0 spiro atoms. The van der Waals surface area contributed by atoms with Gasteiger partial charge in [-0.05, 0) is 57.8 Å². The van der Waals surface area contributed by atoms with Crippen LogP contribution in [0.4, 0.5) is 4.79 Å². The fourth-order valence-corrected chi connectivity index (χ4v) is 3.30. The first-order chi connectivity index (χ1) is 13.9. The van der Waals surface area contributed by atoms with Crippen LogP contribution in [-0.2, 0) is 17.8 Å². The zero-order valence-corrected chi connectivity index (χ0v) is 21.1. The third-order valence-corrected chi connectivity index (χ3v) is 4.72. The van der Waals surface area contributed by atoms with Gasteiger partial charge in [-0.25, -0.2) is 4.79 Å². The molecule has 0 saturated carbocycles. The molecule has 1 aliphatic heterocycles. The van der Waals surface area contributed by atoms with E-state index in [2.05, 4.69) is 50.1 Å². The van der Waals surface area contributed by atoms with Crippen LogP contribution in [0.3, 0.4) is 0 Å². The lowest BCUT2D eigenvalue weighted by Crippen LogP contribution is -2.42. The van der Waals surface area contributed by atoms with Crippen molar-refractivity contribution in [3.63, 3.8) is 0 Å². The van der Waals surface area contributed by atoms with E-state index >= 15 is 0 Å². The number of carbonyl (C=O) groups excluding carboxylic acids is 1. The summed E-state index contributed by atoms with van der Waals surface area (Å²) in [6.45, 7) is 10.7. The van der Waals surface area contributed by atoms with Crippen molar-refractivity contribution in [2.24, 2.45) is 4.99 Å². The van der Waals surface area contributed by atoms with Crippen molar-refractivity contribution in [1.82, 2.24) is 20.9 Å². The summed E-state index contributed by atoms with van der Waals surface area (Å²) < 4.78 is 5.22. The number of nitrogens with zero attached hydrogens (tertiary/aromatic N) is 2. The molecule has 1 heterocycles. The number of aliphatic imine (C=N–C) groups is 1. The van der Waals surface area contributed by atoms with Gasteiger partial charge in [0.2, 0.25) is 0 Å². The van der Waals surface area contributed by atoms with Gasteiger partial charge in [0, 0.05) is 33.2 Å². The SMILES string of the molecule is CN=C(NCCNC(=O)OC(C)(C)C)NCc1ccccc1CN1CCCCC1.I. The molecule has 2 rings (SSSR count). The molecule has 0 atom stereocenters. The number of hydrogen-bond acceptors (Lipinski definition) is 4. The van der Waals surface area contributed by atoms with Crippen molar-refractivity contribution in [2.75, 3.05) is 33.2 Å². The van der Waals surface area contributed by atoms with Crippen LogP contribution in [0.5, 0.6) is 0 Å². The number of benzene rings is 1. The average Bonchev–Trinajstić information content (AvgIpc) is 2.68. The van der Waals surface area contributed by atoms with Crippen LogP contribution in [0.25, 0.3) is 0 Å². The van der Waals surface area contributed by atoms with Gasteiger partial charge >= 0.3 is 6.09 Å². The van der Waals surface area contributed by atoms with E-state index in [-0.39, 0.29) is 24.0 Å². The van der Waals surface area contributed by atoms with E-state index in [4.69, 9.17) is 4.74 Å². The highest BCUT2D eigenvalue weighted by Crippen LogP contribution is 2.16. The van der Waals surface area contributed by atoms with Crippen LogP contribution >= 0.6 is 24.0 Å². The molecule has 170 valence electrons. The molecule has 3 N–H and O–H groups in total. The number of alkyl carbamates (subject to hydrolysis) is 1. The Morgan fingerprint density at radius 3 is 2.30 bits per heavy atom. The number of carbonyl (C=O) groups is 1. The molecule has 0 bridgehead atoms. The maximum absolute atomic E-state index is 11.7. The first kappa shape index (κ1) is 26.5. The molecule has 1 aliphatic rings. The zero-order valence-electron chi connectivity index (χ0n) is 18.8. The molecule has 0 unspecified atom stereocenters. The Morgan fingerprint density at radius 1 is 1.03 bits per heavy atom. The summed E-state index contributed by atoms with van der Waals surface area (Å²) in [7, 11) is 1.75. The fourth-order valence-electron chi connectivity index (χ4n) is 3.30. The summed E-state index contributed by atoms with van der Waals surface area (Å²) in [5, 5.41) is 9.32. The number of rotatable bonds is 7. The number of ether oxygens (including phenoxy) is 1. The third kappa shape index (κ3) is 10.5. The molecule has 7 nitrogen and oxygen atoms in total. The van der Waals surface area contributed by atoms with Gasteiger partial charge < -0.3 is 20.7 Å². The lowest BCUT2D eigenvalue weighted by Gasteiger charge is -2.27. The van der Waals surface area contributed by atoms with Gasteiger partial charge in [0.25, 0.3) is 0 Å². The number of hydrogen-bond donors (Lipinski definition) is 3. The second-order valence-electron chi connectivity index (χ2n) is 8.39. The Balaban J connectivity index is 0.00000450. The maximum Gasteiger partial charge on any atom is 0.407 e. The molecular weight excluding hydrogens is 493 g/mol. The van der Waals surface area contributed by atoms with Crippen LogP contribution in [0.15, 0.2) is 29.3 Å². The Bertz CT molecular complexity index is 670. The van der Waals surface area contributed by atoms with Crippen molar-refractivity contribution < 1.29 is 9.53 Å². The molecule has 1 aromatic rings. The minimum absolute atomic E-state index is 0. The molecule has 0 aromatic heterocycles. The number of guanidine groups is 1. The van der Waals surface area contributed by atoms with Crippen molar-refractivity contribution in [3.05, 3.63) is 35.4 Å². The third-order valence-electron chi connectivity index (χ3n) is 4.72. The number of likely N-dealkylation sites (tertiary alicyclic amines) is 1. The van der Waals surface area contributed by atoms with Crippen molar-refractivity contribution in [2.45, 2.75) is 58.7 Å². The smallest absolute Gasteiger partial charge is 0.407 e. The molecule has 1 fully saturated rings. The molecule has 1 amide bonds. The van der Waals surface area contributed by atoms with Crippen LogP contribution in [-0.4, -0.2) is 55.8 Å². The van der Waals surface area contributed by atoms with Crippen LogP contribution in [0.2, 0.25) is 0 Å². The molecule has 30 heavy (non-hydrogen) atoms. The summed E-state index contributed by atoms with van der Waals surface area (Å²) in [6, 6.07) is 8.58. The quantitative estimate of drug-likeness (QED) is 0.218. The van der Waals surface area contributed by atoms with Gasteiger partial charge in [-0.1, -0.05) is 30.7 Å². The molecule has 8 heteroatoms. The largest absolute Gasteiger partial charge is 0.444 e. The summed E-state index contributed by atoms with van der Waals surface area (Å²) in [5.74, 6) is 0.712. The van der Waals surface area contributed by atoms with Gasteiger partial charge in [-0.15, -0.1) is 24.0 Å². The van der Waals surface area contributed by atoms with Crippen LogP contribution in [0, 0.1) is 0 Å². The Kier molecular flexibility index (Phi) is 12.1. The first-order valence-corrected chi connectivity index (χ1v) is 10.6. The number of piperidine rings is 1. The lowest BCUT2D eigenvalue weighted by molar-refractivity contribution is 0.0529. The van der Waals surface area contributed by atoms with Crippen molar-refractivity contribution >= 4 is 36.0 Å². The molecule has 1 saturated heterocycles. The highest BCUT2D eigenvalue weighted by molar-refractivity contribution is 14.0. The van der Waals surface area contributed by atoms with Crippen LogP contribution in [0.1, 0.15) is 51.2 Å². The zero-order chi connectivity index (χ0) is 21.1. The first-order valence-electron chi connectivity index (χ1n) is 10.6. The number of nitrogens with one attached hydrogen (secondary N) is 3. The predicted octanol–water partition coefficient (Wildman–Crippen LogP) is 3.48. The van der Waals surface area contributed by atoms with E-state index in [1.807, 2.05) is 20.8 Å². The molecule has 1 aromatic carbocycles. The second-order valence-corrected chi connectivity index (χ2v) is 8.39. The Labute approximate surface area is 198 Å². The van der Waals surface area contributed by atoms with E-state index in [0.717, 1.165) is 6.54 Å². The van der Waals surface area contributed by atoms with Gasteiger partial charge in [0.15, 0.2) is 5.96 Å². The minimum atomic E-state index is -0.489. The summed E-state index contributed by atoms with van der Waals surface area (Å²) >= 11 is 0. The maximum atomic E-state index is 11.7. The van der Waals surface area contributed by atoms with Crippen molar-refractivity contribution in [3.8, 4) is 0 Å². The molecule has 0 aliphatic carbocycles. The standard InChI is InChI=1S/C22H37N5O2.HI/c1-22(2,3)29-21(28)25-13-12-24-20(23-4)26-16-18-10-6-7-11-19(18)17-27-14-8-5-9-15-27;/h6-7,10-11H,5,8-9,12-17H2,1-4H3,(H,25,28)(H2,23,24,26);1H. The van der Waals surface area contributed by atoms with Gasteiger partial charge in [0.1, 0.15) is 5.60 Å². The van der Waals surface area contributed by atoms with Crippen LogP contribution < -0.4 is 16.0 Å². The van der Waals surface area contributed by atoms with Gasteiger partial charge in [-0.2, -0.15) is 0 Å².